The van der Waals surface area contributed by atoms with Crippen molar-refractivity contribution in [2.24, 2.45) is 5.92 Å². The third-order valence-corrected chi connectivity index (χ3v) is 5.14. The van der Waals surface area contributed by atoms with Crippen LogP contribution in [0.25, 0.3) is 0 Å². The van der Waals surface area contributed by atoms with Crippen molar-refractivity contribution in [1.82, 2.24) is 10.2 Å². The van der Waals surface area contributed by atoms with Crippen molar-refractivity contribution in [3.05, 3.63) is 21.9 Å². The van der Waals surface area contributed by atoms with Crippen LogP contribution in [0.1, 0.15) is 42.6 Å². The standard InChI is InChI=1S/C14H20N2OS/c1-8-4-7-12(18-8)13-15-9(2)14(17)16(13)10(3)11-5-6-11/h4,7,9-11,13,15H,5-6H2,1-3H3. The number of carbonyl (C=O) groups is 1. The molecule has 2 heterocycles. The number of amides is 1. The molecule has 1 aliphatic carbocycles. The van der Waals surface area contributed by atoms with Gasteiger partial charge in [-0.05, 0) is 51.7 Å². The summed E-state index contributed by atoms with van der Waals surface area (Å²) >= 11 is 1.79. The predicted octanol–water partition coefficient (Wildman–Crippen LogP) is 2.67. The first-order valence-corrected chi connectivity index (χ1v) is 7.54. The van der Waals surface area contributed by atoms with Crippen LogP contribution in [0.2, 0.25) is 0 Å². The highest BCUT2D eigenvalue weighted by Crippen LogP contribution is 2.40. The maximum absolute atomic E-state index is 12.3. The molecule has 3 unspecified atom stereocenters. The number of thiophene rings is 1. The zero-order valence-corrected chi connectivity index (χ0v) is 12.0. The van der Waals surface area contributed by atoms with Gasteiger partial charge in [0, 0.05) is 15.8 Å². The Morgan fingerprint density at radius 2 is 2.17 bits per heavy atom. The Balaban J connectivity index is 1.89. The van der Waals surface area contributed by atoms with E-state index in [4.69, 9.17) is 0 Å². The molecule has 2 fully saturated rings. The summed E-state index contributed by atoms with van der Waals surface area (Å²) in [7, 11) is 0. The number of nitrogens with zero attached hydrogens (tertiary/aromatic N) is 1. The van der Waals surface area contributed by atoms with Gasteiger partial charge >= 0.3 is 0 Å². The van der Waals surface area contributed by atoms with Gasteiger partial charge in [0.2, 0.25) is 5.91 Å². The molecule has 3 atom stereocenters. The molecule has 1 N–H and O–H groups in total. The van der Waals surface area contributed by atoms with E-state index in [1.165, 1.54) is 22.6 Å². The highest BCUT2D eigenvalue weighted by Gasteiger charge is 2.44. The molecule has 1 saturated heterocycles. The van der Waals surface area contributed by atoms with Gasteiger partial charge < -0.3 is 4.90 Å². The SMILES string of the molecule is Cc1ccc(C2NC(C)C(=O)N2C(C)C2CC2)s1. The molecule has 1 aromatic rings. The Morgan fingerprint density at radius 1 is 1.44 bits per heavy atom. The summed E-state index contributed by atoms with van der Waals surface area (Å²) in [4.78, 5) is 17.0. The maximum atomic E-state index is 12.3. The number of aryl methyl sites for hydroxylation is 1. The average Bonchev–Trinajstić information content (AvgIpc) is 3.04. The highest BCUT2D eigenvalue weighted by molar-refractivity contribution is 7.12. The van der Waals surface area contributed by atoms with E-state index in [0.29, 0.717) is 12.0 Å². The minimum Gasteiger partial charge on any atom is -0.318 e. The van der Waals surface area contributed by atoms with Crippen molar-refractivity contribution in [1.29, 1.82) is 0 Å². The van der Waals surface area contributed by atoms with Crippen LogP contribution < -0.4 is 5.32 Å². The first-order valence-electron chi connectivity index (χ1n) is 6.72. The number of hydrogen-bond donors (Lipinski definition) is 1. The van der Waals surface area contributed by atoms with Crippen molar-refractivity contribution in [3.63, 3.8) is 0 Å². The Bertz CT molecular complexity index is 466. The largest absolute Gasteiger partial charge is 0.318 e. The fraction of sp³-hybridized carbons (Fsp3) is 0.643. The van der Waals surface area contributed by atoms with Crippen LogP contribution in [-0.4, -0.2) is 22.9 Å². The van der Waals surface area contributed by atoms with E-state index in [9.17, 15) is 4.79 Å². The number of carbonyl (C=O) groups excluding carboxylic acids is 1. The normalized spacial score (nSPS) is 29.9. The van der Waals surface area contributed by atoms with Crippen LogP contribution in [-0.2, 0) is 4.79 Å². The summed E-state index contributed by atoms with van der Waals surface area (Å²) in [5, 5.41) is 3.43. The van der Waals surface area contributed by atoms with Crippen LogP contribution in [0, 0.1) is 12.8 Å². The molecule has 18 heavy (non-hydrogen) atoms. The Labute approximate surface area is 112 Å². The second-order valence-corrected chi connectivity index (χ2v) is 6.88. The second kappa shape index (κ2) is 4.35. The maximum Gasteiger partial charge on any atom is 0.241 e. The van der Waals surface area contributed by atoms with E-state index in [1.54, 1.807) is 11.3 Å². The Morgan fingerprint density at radius 3 is 2.72 bits per heavy atom. The summed E-state index contributed by atoms with van der Waals surface area (Å²) in [6.45, 7) is 6.28. The lowest BCUT2D eigenvalue weighted by atomic mass is 10.1. The zero-order chi connectivity index (χ0) is 12.9. The predicted molar refractivity (Wildman–Crippen MR) is 73.4 cm³/mol. The molecule has 4 heteroatoms. The molecule has 0 radical (unpaired) electrons. The summed E-state index contributed by atoms with van der Waals surface area (Å²) in [5.41, 5.74) is 0. The number of nitrogens with one attached hydrogen (secondary N) is 1. The third kappa shape index (κ3) is 1.97. The third-order valence-electron chi connectivity index (χ3n) is 4.08. The monoisotopic (exact) mass is 264 g/mol. The average molecular weight is 264 g/mol. The highest BCUT2D eigenvalue weighted by atomic mass is 32.1. The van der Waals surface area contributed by atoms with Crippen LogP contribution in [0.5, 0.6) is 0 Å². The summed E-state index contributed by atoms with van der Waals surface area (Å²) in [6.07, 6.45) is 2.63. The Kier molecular flexibility index (Phi) is 2.94. The fourth-order valence-electron chi connectivity index (χ4n) is 2.80. The van der Waals surface area contributed by atoms with Gasteiger partial charge in [-0.15, -0.1) is 11.3 Å². The minimum atomic E-state index is -0.0568. The van der Waals surface area contributed by atoms with E-state index in [1.807, 2.05) is 6.92 Å². The van der Waals surface area contributed by atoms with E-state index in [-0.39, 0.29) is 18.1 Å². The van der Waals surface area contributed by atoms with Gasteiger partial charge in [0.1, 0.15) is 6.17 Å². The van der Waals surface area contributed by atoms with E-state index < -0.39 is 0 Å². The molecular formula is C14H20N2OS. The quantitative estimate of drug-likeness (QED) is 0.910. The van der Waals surface area contributed by atoms with Gasteiger partial charge in [0.05, 0.1) is 6.04 Å². The molecule has 1 aromatic heterocycles. The molecule has 3 nitrogen and oxygen atoms in total. The molecule has 1 amide bonds. The van der Waals surface area contributed by atoms with Gasteiger partial charge in [0.15, 0.2) is 0 Å². The van der Waals surface area contributed by atoms with E-state index >= 15 is 0 Å². The number of rotatable bonds is 3. The molecule has 0 bridgehead atoms. The van der Waals surface area contributed by atoms with Crippen LogP contribution in [0.15, 0.2) is 12.1 Å². The van der Waals surface area contributed by atoms with Crippen molar-refractivity contribution in [2.75, 3.05) is 0 Å². The van der Waals surface area contributed by atoms with Crippen molar-refractivity contribution in [2.45, 2.75) is 51.9 Å². The van der Waals surface area contributed by atoms with Crippen LogP contribution >= 0.6 is 11.3 Å². The fourth-order valence-corrected chi connectivity index (χ4v) is 3.74. The molecular weight excluding hydrogens is 244 g/mol. The molecule has 3 rings (SSSR count). The van der Waals surface area contributed by atoms with Crippen molar-refractivity contribution >= 4 is 17.2 Å². The first kappa shape index (κ1) is 12.2. The summed E-state index contributed by atoms with van der Waals surface area (Å²) in [6, 6.07) is 4.59. The molecule has 0 aromatic carbocycles. The molecule has 98 valence electrons. The van der Waals surface area contributed by atoms with Gasteiger partial charge in [-0.25, -0.2) is 0 Å². The lowest BCUT2D eigenvalue weighted by Crippen LogP contribution is -2.39. The lowest BCUT2D eigenvalue weighted by molar-refractivity contribution is -0.132. The van der Waals surface area contributed by atoms with Gasteiger partial charge in [-0.1, -0.05) is 0 Å². The first-order chi connectivity index (χ1) is 8.58. The summed E-state index contributed by atoms with van der Waals surface area (Å²) in [5.74, 6) is 0.968. The molecule has 2 aliphatic rings. The molecule has 1 saturated carbocycles. The molecule has 1 aliphatic heterocycles. The Hall–Kier alpha value is -0.870. The lowest BCUT2D eigenvalue weighted by Gasteiger charge is -2.30. The smallest absolute Gasteiger partial charge is 0.241 e. The molecule has 0 spiro atoms. The zero-order valence-electron chi connectivity index (χ0n) is 11.1. The van der Waals surface area contributed by atoms with Gasteiger partial charge in [0.25, 0.3) is 0 Å². The summed E-state index contributed by atoms with van der Waals surface area (Å²) < 4.78 is 0. The van der Waals surface area contributed by atoms with E-state index in [2.05, 4.69) is 36.2 Å². The van der Waals surface area contributed by atoms with Crippen molar-refractivity contribution < 1.29 is 4.79 Å². The van der Waals surface area contributed by atoms with Crippen LogP contribution in [0.4, 0.5) is 0 Å². The number of hydrogen-bond acceptors (Lipinski definition) is 3. The van der Waals surface area contributed by atoms with Gasteiger partial charge in [-0.3, -0.25) is 10.1 Å². The van der Waals surface area contributed by atoms with Gasteiger partial charge in [-0.2, -0.15) is 0 Å². The second-order valence-electron chi connectivity index (χ2n) is 5.56. The van der Waals surface area contributed by atoms with E-state index in [0.717, 1.165) is 0 Å². The minimum absolute atomic E-state index is 0.0568. The van der Waals surface area contributed by atoms with Crippen molar-refractivity contribution in [3.8, 4) is 0 Å². The topological polar surface area (TPSA) is 32.3 Å². The van der Waals surface area contributed by atoms with Crippen LogP contribution in [0.3, 0.4) is 0 Å².